The number of β-amino-alcohol motifs (C(OH)–C–C–N with tert-alkyl or cyclic N) is 1. The van der Waals surface area contributed by atoms with Gasteiger partial charge in [-0.05, 0) is 0 Å². The van der Waals surface area contributed by atoms with E-state index in [9.17, 15) is 4.79 Å². The van der Waals surface area contributed by atoms with E-state index in [4.69, 9.17) is 9.63 Å². The van der Waals surface area contributed by atoms with Crippen molar-refractivity contribution in [1.82, 2.24) is 19.9 Å². The highest BCUT2D eigenvalue weighted by Gasteiger charge is 2.23. The number of carbonyl (C=O) groups is 1. The molecule has 0 unspecified atom stereocenters. The molecule has 2 heterocycles. The lowest BCUT2D eigenvalue weighted by Crippen LogP contribution is -2.49. The van der Waals surface area contributed by atoms with Crippen LogP contribution < -0.4 is 0 Å². The fourth-order valence-electron chi connectivity index (χ4n) is 2.40. The average Bonchev–Trinajstić information content (AvgIpc) is 2.95. The zero-order valence-electron chi connectivity index (χ0n) is 13.7. The standard InChI is InChI=1S/C15H26N4O3/c1-15(2,3)14-16-12(22-17-14)4-5-13(21)19-8-6-18(7-9-19)10-11-20/h20H,4-11H2,1-3H3. The summed E-state index contributed by atoms with van der Waals surface area (Å²) in [6.07, 6.45) is 0.880. The Morgan fingerprint density at radius 3 is 2.50 bits per heavy atom. The van der Waals surface area contributed by atoms with Gasteiger partial charge in [0.15, 0.2) is 5.82 Å². The van der Waals surface area contributed by atoms with Crippen LogP contribution in [0.5, 0.6) is 0 Å². The molecule has 0 radical (unpaired) electrons. The van der Waals surface area contributed by atoms with Crippen LogP contribution in [-0.4, -0.2) is 70.3 Å². The molecule has 0 bridgehead atoms. The summed E-state index contributed by atoms with van der Waals surface area (Å²) < 4.78 is 5.21. The monoisotopic (exact) mass is 310 g/mol. The summed E-state index contributed by atoms with van der Waals surface area (Å²) in [4.78, 5) is 20.6. The van der Waals surface area contributed by atoms with Crippen molar-refractivity contribution in [1.29, 1.82) is 0 Å². The Balaban J connectivity index is 1.77. The topological polar surface area (TPSA) is 82.7 Å². The Morgan fingerprint density at radius 1 is 1.27 bits per heavy atom. The van der Waals surface area contributed by atoms with Gasteiger partial charge in [0.05, 0.1) is 6.61 Å². The number of rotatable bonds is 5. The zero-order valence-corrected chi connectivity index (χ0v) is 13.7. The van der Waals surface area contributed by atoms with Gasteiger partial charge in [-0.25, -0.2) is 0 Å². The Bertz CT molecular complexity index is 487. The van der Waals surface area contributed by atoms with E-state index in [0.717, 1.165) is 26.2 Å². The molecule has 0 aromatic carbocycles. The van der Waals surface area contributed by atoms with Crippen LogP contribution in [0.2, 0.25) is 0 Å². The third-order valence-corrected chi connectivity index (χ3v) is 3.83. The molecule has 1 aliphatic heterocycles. The summed E-state index contributed by atoms with van der Waals surface area (Å²) in [6, 6.07) is 0. The molecule has 1 aliphatic rings. The number of amides is 1. The molecule has 7 nitrogen and oxygen atoms in total. The third kappa shape index (κ3) is 4.51. The van der Waals surface area contributed by atoms with Crippen molar-refractivity contribution >= 4 is 5.91 Å². The minimum atomic E-state index is -0.144. The van der Waals surface area contributed by atoms with Crippen LogP contribution in [0.1, 0.15) is 38.9 Å². The highest BCUT2D eigenvalue weighted by Crippen LogP contribution is 2.19. The minimum Gasteiger partial charge on any atom is -0.395 e. The Morgan fingerprint density at radius 2 is 1.95 bits per heavy atom. The number of carbonyl (C=O) groups excluding carboxylic acids is 1. The molecular weight excluding hydrogens is 284 g/mol. The van der Waals surface area contributed by atoms with Crippen LogP contribution in [0.25, 0.3) is 0 Å². The first-order valence-corrected chi connectivity index (χ1v) is 7.84. The molecule has 1 aromatic heterocycles. The maximum Gasteiger partial charge on any atom is 0.227 e. The average molecular weight is 310 g/mol. The second-order valence-electron chi connectivity index (χ2n) is 6.71. The summed E-state index contributed by atoms with van der Waals surface area (Å²) in [7, 11) is 0. The number of aliphatic hydroxyl groups excluding tert-OH is 1. The summed E-state index contributed by atoms with van der Waals surface area (Å²) in [5, 5.41) is 12.9. The zero-order chi connectivity index (χ0) is 16.2. The van der Waals surface area contributed by atoms with E-state index in [2.05, 4.69) is 15.0 Å². The van der Waals surface area contributed by atoms with Crippen LogP contribution in [-0.2, 0) is 16.6 Å². The largest absolute Gasteiger partial charge is 0.395 e. The maximum atomic E-state index is 12.2. The second kappa shape index (κ2) is 7.19. The first-order chi connectivity index (χ1) is 10.4. The number of piperazine rings is 1. The third-order valence-electron chi connectivity index (χ3n) is 3.83. The number of aryl methyl sites for hydroxylation is 1. The van der Waals surface area contributed by atoms with E-state index in [1.165, 1.54) is 0 Å². The maximum absolute atomic E-state index is 12.2. The molecule has 0 aliphatic carbocycles. The summed E-state index contributed by atoms with van der Waals surface area (Å²) in [5.41, 5.74) is -0.144. The van der Waals surface area contributed by atoms with Gasteiger partial charge in [0, 0.05) is 51.0 Å². The molecule has 124 valence electrons. The first kappa shape index (κ1) is 16.9. The summed E-state index contributed by atoms with van der Waals surface area (Å²) in [6.45, 7) is 10.0. The number of hydrogen-bond donors (Lipinski definition) is 1. The lowest BCUT2D eigenvalue weighted by molar-refractivity contribution is -0.133. The predicted octanol–water partition coefficient (Wildman–Crippen LogP) is 0.436. The van der Waals surface area contributed by atoms with Crippen molar-refractivity contribution in [2.24, 2.45) is 0 Å². The molecule has 1 saturated heterocycles. The predicted molar refractivity (Wildman–Crippen MR) is 81.4 cm³/mol. The molecule has 0 saturated carbocycles. The molecule has 22 heavy (non-hydrogen) atoms. The van der Waals surface area contributed by atoms with Crippen molar-refractivity contribution in [2.45, 2.75) is 39.0 Å². The van der Waals surface area contributed by atoms with Gasteiger partial charge in [0.1, 0.15) is 0 Å². The van der Waals surface area contributed by atoms with Crippen molar-refractivity contribution in [3.8, 4) is 0 Å². The van der Waals surface area contributed by atoms with E-state index in [1.54, 1.807) is 0 Å². The quantitative estimate of drug-likeness (QED) is 0.849. The lowest BCUT2D eigenvalue weighted by atomic mass is 9.96. The molecule has 1 aromatic rings. The fourth-order valence-corrected chi connectivity index (χ4v) is 2.40. The van der Waals surface area contributed by atoms with Crippen molar-refractivity contribution in [3.63, 3.8) is 0 Å². The summed E-state index contributed by atoms with van der Waals surface area (Å²) >= 11 is 0. The number of aliphatic hydroxyl groups is 1. The van der Waals surface area contributed by atoms with E-state index in [-0.39, 0.29) is 17.9 Å². The fraction of sp³-hybridized carbons (Fsp3) is 0.800. The molecular formula is C15H26N4O3. The van der Waals surface area contributed by atoms with Gasteiger partial charge >= 0.3 is 0 Å². The van der Waals surface area contributed by atoms with Gasteiger partial charge in [-0.3, -0.25) is 9.69 Å². The highest BCUT2D eigenvalue weighted by atomic mass is 16.5. The second-order valence-corrected chi connectivity index (χ2v) is 6.71. The van der Waals surface area contributed by atoms with Gasteiger partial charge in [0.2, 0.25) is 11.8 Å². The molecule has 0 atom stereocenters. The van der Waals surface area contributed by atoms with Crippen LogP contribution in [0.15, 0.2) is 4.52 Å². The SMILES string of the molecule is CC(C)(C)c1noc(CCC(=O)N2CCN(CCO)CC2)n1. The molecule has 0 spiro atoms. The van der Waals surface area contributed by atoms with Crippen LogP contribution in [0.4, 0.5) is 0 Å². The molecule has 1 N–H and O–H groups in total. The smallest absolute Gasteiger partial charge is 0.227 e. The minimum absolute atomic E-state index is 0.124. The van der Waals surface area contributed by atoms with E-state index < -0.39 is 0 Å². The highest BCUT2D eigenvalue weighted by molar-refractivity contribution is 5.76. The van der Waals surface area contributed by atoms with Crippen LogP contribution in [0.3, 0.4) is 0 Å². The lowest BCUT2D eigenvalue weighted by Gasteiger charge is -2.34. The first-order valence-electron chi connectivity index (χ1n) is 7.84. The Labute approximate surface area is 131 Å². The summed E-state index contributed by atoms with van der Waals surface area (Å²) in [5.74, 6) is 1.32. The van der Waals surface area contributed by atoms with Crippen molar-refractivity contribution in [2.75, 3.05) is 39.3 Å². The Hall–Kier alpha value is -1.47. The van der Waals surface area contributed by atoms with Crippen molar-refractivity contribution in [3.05, 3.63) is 11.7 Å². The van der Waals surface area contributed by atoms with Gasteiger partial charge in [-0.15, -0.1) is 0 Å². The van der Waals surface area contributed by atoms with E-state index in [0.29, 0.717) is 31.1 Å². The van der Waals surface area contributed by atoms with Gasteiger partial charge in [-0.2, -0.15) is 4.98 Å². The molecule has 7 heteroatoms. The Kier molecular flexibility index (Phi) is 5.52. The molecule has 1 amide bonds. The van der Waals surface area contributed by atoms with Crippen molar-refractivity contribution < 1.29 is 14.4 Å². The normalized spacial score (nSPS) is 17.0. The van der Waals surface area contributed by atoms with Crippen LogP contribution >= 0.6 is 0 Å². The number of hydrogen-bond acceptors (Lipinski definition) is 6. The molecule has 2 rings (SSSR count). The van der Waals surface area contributed by atoms with Crippen LogP contribution in [0, 0.1) is 0 Å². The molecule has 1 fully saturated rings. The van der Waals surface area contributed by atoms with Gasteiger partial charge in [0.25, 0.3) is 0 Å². The van der Waals surface area contributed by atoms with Gasteiger partial charge in [-0.1, -0.05) is 25.9 Å². The number of aromatic nitrogens is 2. The number of nitrogens with zero attached hydrogens (tertiary/aromatic N) is 4. The van der Waals surface area contributed by atoms with E-state index >= 15 is 0 Å². The van der Waals surface area contributed by atoms with E-state index in [1.807, 2.05) is 25.7 Å². The van der Waals surface area contributed by atoms with Gasteiger partial charge < -0.3 is 14.5 Å².